The first kappa shape index (κ1) is 128. The molecular weight excluding hydrogens is 2190 g/mol. The van der Waals surface area contributed by atoms with Crippen molar-refractivity contribution in [1.29, 1.82) is 5.26 Å². The van der Waals surface area contributed by atoms with E-state index < -0.39 is 120 Å². The minimum absolute atomic E-state index is 0. The number of ether oxygens (including phenoxy) is 8. The summed E-state index contributed by atoms with van der Waals surface area (Å²) in [4.78, 5) is 3.88. The first-order valence-electron chi connectivity index (χ1n) is 49.0. The Bertz CT molecular complexity index is 4430. The maximum absolute atomic E-state index is 13.2. The molecule has 0 saturated heterocycles. The minimum Gasteiger partial charge on any atom is -0.508 e. The molecule has 2 N–H and O–H groups in total. The van der Waals surface area contributed by atoms with Gasteiger partial charge in [-0.1, -0.05) is 53.8 Å². The van der Waals surface area contributed by atoms with Crippen LogP contribution in [0, 0.1) is 63.1 Å². The molecule has 9 aliphatic rings. The second-order valence-electron chi connectivity index (χ2n) is 41.0. The molecule has 10 unspecified atom stereocenters. The van der Waals surface area contributed by atoms with Crippen LogP contribution in [0.25, 0.3) is 0 Å². The van der Waals surface area contributed by atoms with Gasteiger partial charge in [0.1, 0.15) is 17.2 Å². The topological polar surface area (TPSA) is 170 Å². The normalized spacial score (nSPS) is 26.2. The van der Waals surface area contributed by atoms with Gasteiger partial charge < -0.3 is 71.9 Å². The molecule has 16 atom stereocenters. The number of hydrogen-bond donors (Lipinski definition) is 2. The number of aliphatic hydroxyl groups is 1. The number of unbranched alkanes of at least 4 members (excludes halogenated alkanes) is 2. The van der Waals surface area contributed by atoms with E-state index in [4.69, 9.17) is 43.1 Å². The number of benzene rings is 3. The molecule has 0 bridgehead atoms. The van der Waals surface area contributed by atoms with Crippen LogP contribution in [0.4, 0.5) is 119 Å². The van der Waals surface area contributed by atoms with E-state index in [9.17, 15) is 124 Å². The number of nitrogens with zero attached hydrogens (tertiary/aromatic N) is 5. The zero-order valence-corrected chi connectivity index (χ0v) is 86.2. The second kappa shape index (κ2) is 51.8. The Balaban J connectivity index is 0.000000299. The molecule has 9 aliphatic carbocycles. The van der Waals surface area contributed by atoms with Crippen LogP contribution in [0.2, 0.25) is 0 Å². The number of aryl methyl sites for hydroxylation is 3. The van der Waals surface area contributed by atoms with Crippen molar-refractivity contribution in [3.63, 3.8) is 0 Å². The Morgan fingerprint density at radius 2 is 0.658 bits per heavy atom. The van der Waals surface area contributed by atoms with Gasteiger partial charge in [0.2, 0.25) is 0 Å². The van der Waals surface area contributed by atoms with E-state index in [0.29, 0.717) is 92.5 Å². The number of halogens is 27. The Kier molecular flexibility index (Phi) is 45.4. The Labute approximate surface area is 853 Å². The molecule has 0 amide bonds. The van der Waals surface area contributed by atoms with Crippen molar-refractivity contribution in [2.24, 2.45) is 51.8 Å². The summed E-state index contributed by atoms with van der Waals surface area (Å²) in [6.45, 7) is 11.8. The van der Waals surface area contributed by atoms with Gasteiger partial charge in [-0.25, -0.2) is 4.67 Å². The molecule has 12 rings (SSSR count). The van der Waals surface area contributed by atoms with Crippen molar-refractivity contribution in [3.8, 4) is 23.3 Å². The van der Waals surface area contributed by atoms with Crippen LogP contribution in [0.15, 0.2) is 54.6 Å². The van der Waals surface area contributed by atoms with Gasteiger partial charge in [-0.05, 0) is 329 Å². The van der Waals surface area contributed by atoms with Gasteiger partial charge in [-0.2, -0.15) is 124 Å². The minimum atomic E-state index is -6.75. The Morgan fingerprint density at radius 1 is 0.377 bits per heavy atom. The molecule has 0 aromatic heterocycles. The van der Waals surface area contributed by atoms with Crippen molar-refractivity contribution >= 4 is 8.53 Å². The fourth-order valence-corrected chi connectivity index (χ4v) is 26.1. The van der Waals surface area contributed by atoms with Crippen LogP contribution in [0.1, 0.15) is 243 Å². The van der Waals surface area contributed by atoms with E-state index in [1.165, 1.54) is 69.2 Å². The number of rotatable bonds is 42. The average Bonchev–Trinajstić information content (AvgIpc) is 1.12. The molecule has 0 spiro atoms. The molecule has 0 aliphatic heterocycles. The predicted molar refractivity (Wildman–Crippen MR) is 488 cm³/mol. The summed E-state index contributed by atoms with van der Waals surface area (Å²) in [6, 6.07) is 20.9. The van der Waals surface area contributed by atoms with Gasteiger partial charge in [0.15, 0.2) is 0 Å². The van der Waals surface area contributed by atoms with Crippen molar-refractivity contribution in [3.05, 3.63) is 88.0 Å². The van der Waals surface area contributed by atoms with E-state index in [1.807, 2.05) is 18.2 Å². The van der Waals surface area contributed by atoms with Crippen LogP contribution in [0.5, 0.6) is 17.2 Å². The third-order valence-electron chi connectivity index (χ3n) is 31.7. The summed E-state index contributed by atoms with van der Waals surface area (Å²) in [7, 11) is 2.84. The molecule has 0 heterocycles. The largest absolute Gasteiger partial charge is 0.508 e. The first-order chi connectivity index (χ1) is 66.5. The SMILES string of the molecule is C.C.CC(C)N(C(C)C)P(OCCC#N)OCCCCOc1ccc2c(c1)CCC1C2CC[C@@]2(C)C1CC[C@@H]2OCCN(C)CCOC(C(F)(F)F)(C(F)(F)F)C(F)(F)F.CN(CCO[C@H]1CCC2C3CCc4cc(O)ccc4C3CC[C@@]21C)CCOC(C(F)(F)F)(C(F)(F)F)C(F)(F)F.CN(CCO[C@H]1CCC2C3CCc4cc(OCCCCO)ccc4C3CC[C@@]21C)CCOC(C(F)(F)F)(C(F)(F)F)C(F)(F)F.[W]. The molecule has 6 fully saturated rings. The zero-order chi connectivity index (χ0) is 106. The molecule has 146 heavy (non-hydrogen) atoms. The van der Waals surface area contributed by atoms with Crippen molar-refractivity contribution in [2.75, 3.05) is 133 Å². The third-order valence-corrected chi connectivity index (χ3v) is 33.8. The van der Waals surface area contributed by atoms with Gasteiger partial charge in [-0.15, -0.1) is 0 Å². The third kappa shape index (κ3) is 28.4. The van der Waals surface area contributed by atoms with E-state index in [1.54, 1.807) is 6.07 Å². The summed E-state index contributed by atoms with van der Waals surface area (Å²) >= 11 is 0. The summed E-state index contributed by atoms with van der Waals surface area (Å²) in [5.74, 6) is 5.98. The van der Waals surface area contributed by atoms with Gasteiger partial charge in [0.05, 0.1) is 96.9 Å². The fourth-order valence-electron chi connectivity index (χ4n) is 24.4. The summed E-state index contributed by atoms with van der Waals surface area (Å²) in [5.41, 5.74) is -11.2. The number of nitriles is 1. The number of phenols is 1. The monoisotopic (exact) mass is 2330 g/mol. The first-order valence-corrected chi connectivity index (χ1v) is 50.2. The number of alkyl halides is 27. The predicted octanol–water partition coefficient (Wildman–Crippen LogP) is 26.5. The number of aliphatic hydroxyl groups excluding tert-OH is 1. The second-order valence-corrected chi connectivity index (χ2v) is 42.4. The van der Waals surface area contributed by atoms with Crippen molar-refractivity contribution in [1.82, 2.24) is 19.4 Å². The van der Waals surface area contributed by atoms with Crippen LogP contribution >= 0.6 is 8.53 Å². The summed E-state index contributed by atoms with van der Waals surface area (Å²) in [5, 5.41) is 27.7. The van der Waals surface area contributed by atoms with E-state index >= 15 is 0 Å². The Hall–Kier alpha value is -4.74. The molecule has 3 aromatic rings. The Morgan fingerprint density at radius 3 is 0.952 bits per heavy atom. The quantitative estimate of drug-likeness (QED) is 0.0312. The molecule has 0 radical (unpaired) electrons. The van der Waals surface area contributed by atoms with Crippen LogP contribution in [0.3, 0.4) is 0 Å². The summed E-state index contributed by atoms with van der Waals surface area (Å²) in [6.07, 6.45) is -40.4. The molecule has 46 heteroatoms. The number of likely N-dealkylation sites (N-methyl/N-ethyl adjacent to an activating group) is 3. The number of hydrogen-bond acceptors (Lipinski definition) is 17. The van der Waals surface area contributed by atoms with Crippen molar-refractivity contribution < 1.29 is 197 Å². The maximum Gasteiger partial charge on any atom is 0.435 e. The molecule has 840 valence electrons. The standard InChI is InChI=1S/C40H59F9N3O5P.C31H42F9NO4.C27H34F9NO3.2CH4.W/c1-27(2)52(28(3)4)58(57-23-9-18-50)56-22-8-7-21-53-30-11-13-31-29(26-30)10-12-33-32(31)16-17-36(5)34(33)14-15-35(36)54-24-19-51(6)20-25-55-37(38(41,42)43,39(44,45)46)40(47,48)49;1-27-12-11-23-22-8-6-21(43-16-4-3-15-42)19-20(22)5-7-24(23)25(27)9-10-26(27)44-17-13-41(2)14-18-45-28(29(32,33)34,30(35,36)37)31(38,39)40;1-23-10-9-19-18-6-4-17(38)15-16(18)3-5-20(19)21(23)7-8-22(23)39-13-11-37(2)12-14-40-24(25(28,29)30,26(31,32)33)27(34,35)36;;;/h11,13,26-28,32-35H,7-10,12,14-17,19-25H2,1-6H3;6,8,19,23-26,42H,3-5,7,9-18H2,1-2H3;4,6,15,19-22,38H,3,5,7-14H2,1-2H3;2*1H4;/t32?,33?,34?,35-,36-,58?;23?,24?,25?,26-,27-;19?,20?,21?,22-,23-;;;/m000.../s1. The van der Waals surface area contributed by atoms with Gasteiger partial charge in [-0.3, -0.25) is 0 Å². The number of phenolic OH excluding ortho intramolecular Hbond substituents is 1. The number of aromatic hydroxyl groups is 1. The van der Waals surface area contributed by atoms with E-state index in [2.05, 4.69) is 104 Å². The molecular formula is C100H143F27N5O12PW. The van der Waals surface area contributed by atoms with Crippen molar-refractivity contribution in [2.45, 2.75) is 332 Å². The van der Waals surface area contributed by atoms with E-state index in [0.717, 1.165) is 146 Å². The van der Waals surface area contributed by atoms with Crippen LogP contribution in [-0.4, -0.2) is 265 Å². The van der Waals surface area contributed by atoms with Gasteiger partial charge in [0.25, 0.3) is 8.53 Å². The molecule has 3 aromatic carbocycles. The van der Waals surface area contributed by atoms with Crippen LogP contribution < -0.4 is 9.47 Å². The zero-order valence-electron chi connectivity index (χ0n) is 82.3. The maximum atomic E-state index is 13.2. The van der Waals surface area contributed by atoms with Gasteiger partial charge in [0, 0.05) is 79.0 Å². The summed E-state index contributed by atoms with van der Waals surface area (Å²) < 4.78 is 409. The molecule has 17 nitrogen and oxygen atoms in total. The van der Waals surface area contributed by atoms with Gasteiger partial charge >= 0.3 is 72.4 Å². The molecule has 6 saturated carbocycles. The smallest absolute Gasteiger partial charge is 0.435 e. The average molecular weight is 2340 g/mol. The number of fused-ring (bicyclic) bond motifs is 15. The van der Waals surface area contributed by atoms with Crippen LogP contribution in [-0.2, 0) is 77.8 Å². The fraction of sp³-hybridized carbons (Fsp3) is 0.810. The van der Waals surface area contributed by atoms with E-state index in [-0.39, 0.29) is 134 Å².